The van der Waals surface area contributed by atoms with E-state index in [2.05, 4.69) is 108 Å². The first-order chi connectivity index (χ1) is 24.7. The number of rotatable bonds is 4. The quantitative estimate of drug-likeness (QED) is 0.193. The van der Waals surface area contributed by atoms with Gasteiger partial charge in [-0.25, -0.2) is 0 Å². The summed E-state index contributed by atoms with van der Waals surface area (Å²) in [6.07, 6.45) is 0. The maximum atomic E-state index is 10.6. The van der Waals surface area contributed by atoms with E-state index in [1.807, 2.05) is 65.2 Å². The number of nitrogens with zero attached hydrogens (tertiary/aromatic N) is 5. The minimum atomic E-state index is 0.391. The summed E-state index contributed by atoms with van der Waals surface area (Å²) in [5.74, 6) is 0. The Balaban J connectivity index is 1.22. The van der Waals surface area contributed by atoms with Crippen LogP contribution in [0, 0.1) is 34.0 Å². The lowest BCUT2D eigenvalue weighted by Crippen LogP contribution is -2.02. The second-order valence-electron chi connectivity index (χ2n) is 12.3. The topological polar surface area (TPSA) is 81.2 Å². The molecule has 0 saturated carbocycles. The van der Waals surface area contributed by atoms with Crippen LogP contribution < -0.4 is 0 Å². The monoisotopic (exact) mass is 635 g/mol. The van der Waals surface area contributed by atoms with E-state index in [1.54, 1.807) is 6.07 Å². The maximum Gasteiger partial charge on any atom is 0.101 e. The molecule has 2 aromatic heterocycles. The van der Waals surface area contributed by atoms with Crippen molar-refractivity contribution in [2.75, 3.05) is 0 Å². The van der Waals surface area contributed by atoms with Crippen LogP contribution in [-0.4, -0.2) is 9.13 Å². The number of hydrogen-bond acceptors (Lipinski definition) is 3. The van der Waals surface area contributed by atoms with Crippen molar-refractivity contribution in [3.8, 4) is 51.8 Å². The van der Waals surface area contributed by atoms with E-state index in [0.717, 1.165) is 60.8 Å². The van der Waals surface area contributed by atoms with E-state index < -0.39 is 0 Å². The van der Waals surface area contributed by atoms with E-state index in [-0.39, 0.29) is 0 Å². The Hall–Kier alpha value is -7.39. The zero-order valence-electron chi connectivity index (χ0n) is 26.7. The smallest absolute Gasteiger partial charge is 0.101 e. The normalized spacial score (nSPS) is 11.1. The predicted molar refractivity (Wildman–Crippen MR) is 200 cm³/mol. The molecule has 0 aliphatic rings. The van der Waals surface area contributed by atoms with E-state index in [1.165, 1.54) is 10.8 Å². The van der Waals surface area contributed by atoms with Gasteiger partial charge in [0.25, 0.3) is 0 Å². The second kappa shape index (κ2) is 11.4. The van der Waals surface area contributed by atoms with Gasteiger partial charge in [0.2, 0.25) is 0 Å². The molecular weight excluding hydrogens is 611 g/mol. The van der Waals surface area contributed by atoms with Crippen LogP contribution in [0.1, 0.15) is 16.7 Å². The molecule has 5 heteroatoms. The van der Waals surface area contributed by atoms with Crippen molar-refractivity contribution in [2.45, 2.75) is 0 Å². The molecule has 7 aromatic carbocycles. The van der Waals surface area contributed by atoms with Gasteiger partial charge >= 0.3 is 0 Å². The molecule has 0 unspecified atom stereocenters. The van der Waals surface area contributed by atoms with Crippen LogP contribution >= 0.6 is 0 Å². The minimum Gasteiger partial charge on any atom is -0.309 e. The van der Waals surface area contributed by atoms with Crippen molar-refractivity contribution in [2.24, 2.45) is 0 Å². The van der Waals surface area contributed by atoms with Crippen molar-refractivity contribution in [3.05, 3.63) is 168 Å². The number of aromatic nitrogens is 2. The fourth-order valence-corrected chi connectivity index (χ4v) is 7.46. The predicted octanol–water partition coefficient (Wildman–Crippen LogP) is 10.8. The summed E-state index contributed by atoms with van der Waals surface area (Å²) in [4.78, 5) is 0. The molecule has 2 heterocycles. The Kier molecular flexibility index (Phi) is 6.56. The lowest BCUT2D eigenvalue weighted by molar-refractivity contribution is 1.15. The maximum absolute atomic E-state index is 10.6. The van der Waals surface area contributed by atoms with Gasteiger partial charge in [0, 0.05) is 27.1 Å². The molecular formula is C45H25N5. The first kappa shape index (κ1) is 28.8. The molecule has 0 aliphatic carbocycles. The Bertz CT molecular complexity index is 2880. The molecule has 0 bridgehead atoms. The lowest BCUT2D eigenvalue weighted by Gasteiger charge is -2.16. The van der Waals surface area contributed by atoms with Crippen molar-refractivity contribution < 1.29 is 0 Å². The largest absolute Gasteiger partial charge is 0.309 e. The van der Waals surface area contributed by atoms with Gasteiger partial charge in [-0.3, -0.25) is 0 Å². The lowest BCUT2D eigenvalue weighted by atomic mass is 9.94. The number of hydrogen-bond donors (Lipinski definition) is 0. The summed E-state index contributed by atoms with van der Waals surface area (Å²) in [6, 6.07) is 57.9. The molecule has 0 atom stereocenters. The highest BCUT2D eigenvalue weighted by atomic mass is 15.0. The van der Waals surface area contributed by atoms with Gasteiger partial charge in [-0.2, -0.15) is 15.8 Å². The molecule has 0 N–H and O–H groups in total. The summed E-state index contributed by atoms with van der Waals surface area (Å²) < 4.78 is 4.31. The average Bonchev–Trinajstić information content (AvgIpc) is 3.69. The molecule has 0 amide bonds. The minimum absolute atomic E-state index is 0.391. The first-order valence-electron chi connectivity index (χ1n) is 16.3. The van der Waals surface area contributed by atoms with Gasteiger partial charge in [0.05, 0.1) is 56.2 Å². The Morgan fingerprint density at radius 3 is 1.56 bits per heavy atom. The summed E-state index contributed by atoms with van der Waals surface area (Å²) >= 11 is 0. The third-order valence-corrected chi connectivity index (χ3v) is 9.61. The van der Waals surface area contributed by atoms with Crippen LogP contribution in [0.4, 0.5) is 0 Å². The molecule has 230 valence electrons. The first-order valence-corrected chi connectivity index (χ1v) is 16.3. The Labute approximate surface area is 287 Å². The number of fused-ring (bicyclic) bond motifs is 6. The Morgan fingerprint density at radius 1 is 0.380 bits per heavy atom. The molecule has 0 fully saturated rings. The third kappa shape index (κ3) is 4.31. The highest BCUT2D eigenvalue weighted by Gasteiger charge is 2.21. The van der Waals surface area contributed by atoms with Gasteiger partial charge in [-0.1, -0.05) is 91.0 Å². The fraction of sp³-hybridized carbons (Fsp3) is 0. The molecule has 9 aromatic rings. The van der Waals surface area contributed by atoms with Crippen LogP contribution in [0.25, 0.3) is 77.2 Å². The second-order valence-corrected chi connectivity index (χ2v) is 12.3. The van der Waals surface area contributed by atoms with E-state index in [4.69, 9.17) is 0 Å². The van der Waals surface area contributed by atoms with Crippen molar-refractivity contribution in [1.82, 2.24) is 9.13 Å². The van der Waals surface area contributed by atoms with Crippen LogP contribution in [0.3, 0.4) is 0 Å². The van der Waals surface area contributed by atoms with Gasteiger partial charge in [0.15, 0.2) is 0 Å². The zero-order chi connectivity index (χ0) is 33.8. The zero-order valence-corrected chi connectivity index (χ0v) is 26.7. The number of benzene rings is 7. The van der Waals surface area contributed by atoms with Gasteiger partial charge < -0.3 is 9.13 Å². The van der Waals surface area contributed by atoms with Gasteiger partial charge in [-0.15, -0.1) is 0 Å². The van der Waals surface area contributed by atoms with Crippen LogP contribution in [0.15, 0.2) is 152 Å². The molecule has 9 rings (SSSR count). The number of nitriles is 3. The molecule has 0 aliphatic heterocycles. The third-order valence-electron chi connectivity index (χ3n) is 9.61. The summed E-state index contributed by atoms with van der Waals surface area (Å²) in [7, 11) is 0. The van der Waals surface area contributed by atoms with Crippen LogP contribution in [0.2, 0.25) is 0 Å². The highest BCUT2D eigenvalue weighted by molar-refractivity contribution is 6.11. The standard InChI is InChI=1S/C45H25N5/c46-26-29-20-21-44-39(22-29)38-15-4-8-19-43(38)50(44)45-33(27-47)24-32(25-34(45)28-48)30-10-9-11-31(23-30)35-12-1-5-16-40(35)49-41-17-6-2-13-36(41)37-14-3-7-18-42(37)49/h1-25H. The summed E-state index contributed by atoms with van der Waals surface area (Å²) in [5.41, 5.74) is 10.7. The van der Waals surface area contributed by atoms with E-state index in [0.29, 0.717) is 22.4 Å². The number of para-hydroxylation sites is 4. The molecule has 0 spiro atoms. The summed E-state index contributed by atoms with van der Waals surface area (Å²) in [5, 5.41) is 35.0. The average molecular weight is 636 g/mol. The molecule has 0 radical (unpaired) electrons. The molecule has 50 heavy (non-hydrogen) atoms. The molecule has 0 saturated heterocycles. The van der Waals surface area contributed by atoms with Crippen molar-refractivity contribution >= 4 is 43.6 Å². The van der Waals surface area contributed by atoms with Crippen molar-refractivity contribution in [3.63, 3.8) is 0 Å². The van der Waals surface area contributed by atoms with Gasteiger partial charge in [0.1, 0.15) is 12.1 Å². The Morgan fingerprint density at radius 2 is 0.920 bits per heavy atom. The van der Waals surface area contributed by atoms with Crippen LogP contribution in [0.5, 0.6) is 0 Å². The molecule has 5 nitrogen and oxygen atoms in total. The van der Waals surface area contributed by atoms with Crippen molar-refractivity contribution in [1.29, 1.82) is 15.8 Å². The summed E-state index contributed by atoms with van der Waals surface area (Å²) in [6.45, 7) is 0. The fourth-order valence-electron chi connectivity index (χ4n) is 7.46. The highest BCUT2D eigenvalue weighted by Crippen LogP contribution is 2.39. The van der Waals surface area contributed by atoms with Crippen LogP contribution in [-0.2, 0) is 0 Å². The van der Waals surface area contributed by atoms with Gasteiger partial charge in [-0.05, 0) is 77.4 Å². The van der Waals surface area contributed by atoms with E-state index in [9.17, 15) is 15.8 Å². The SMILES string of the molecule is N#Cc1ccc2c(c1)c1ccccc1n2-c1c(C#N)cc(-c2cccc(-c3ccccc3-n3c4ccccc4c4ccccc43)c2)cc1C#N. The van der Waals surface area contributed by atoms with E-state index >= 15 is 0 Å².